The molecule has 2 heterocycles. The van der Waals surface area contributed by atoms with Gasteiger partial charge in [-0.2, -0.15) is 0 Å². The van der Waals surface area contributed by atoms with Gasteiger partial charge in [-0.3, -0.25) is 4.79 Å². The molecule has 0 spiro atoms. The second-order valence-electron chi connectivity index (χ2n) is 10.1. The minimum Gasteiger partial charge on any atom is -0.481 e. The molecule has 3 N–H and O–H groups in total. The Balaban J connectivity index is 1.93. The maximum atomic E-state index is 11.0. The molecule has 0 radical (unpaired) electrons. The van der Waals surface area contributed by atoms with E-state index in [1.54, 1.807) is 14.0 Å². The number of ether oxygens (including phenoxy) is 3. The van der Waals surface area contributed by atoms with E-state index in [9.17, 15) is 15.0 Å². The molecule has 10 atom stereocenters. The van der Waals surface area contributed by atoms with Gasteiger partial charge < -0.3 is 29.5 Å². The van der Waals surface area contributed by atoms with Crippen LogP contribution in [0.5, 0.6) is 0 Å². The lowest BCUT2D eigenvalue weighted by Gasteiger charge is -2.38. The van der Waals surface area contributed by atoms with Crippen LogP contribution in [0.2, 0.25) is 0 Å². The van der Waals surface area contributed by atoms with Crippen molar-refractivity contribution >= 4 is 5.97 Å². The average Bonchev–Trinajstić information content (AvgIpc) is 3.34. The van der Waals surface area contributed by atoms with Gasteiger partial charge in [0.25, 0.3) is 0 Å². The third-order valence-electron chi connectivity index (χ3n) is 6.99. The number of rotatable bonds is 11. The van der Waals surface area contributed by atoms with Crippen LogP contribution < -0.4 is 0 Å². The third-order valence-corrected chi connectivity index (χ3v) is 6.99. The van der Waals surface area contributed by atoms with Crippen LogP contribution in [0.1, 0.15) is 60.8 Å². The molecule has 2 fully saturated rings. The fourth-order valence-corrected chi connectivity index (χ4v) is 5.23. The molecule has 0 bridgehead atoms. The number of carbonyl (C=O) groups is 1. The normalized spacial score (nSPS) is 37.2. The van der Waals surface area contributed by atoms with Crippen molar-refractivity contribution in [2.45, 2.75) is 103 Å². The number of hydrogen-bond acceptors (Lipinski definition) is 6. The molecule has 0 amide bonds. The second kappa shape index (κ2) is 11.3. The molecule has 0 saturated carbocycles. The molecular weight excluding hydrogens is 412 g/mol. The monoisotopic (exact) mass is 454 g/mol. The summed E-state index contributed by atoms with van der Waals surface area (Å²) in [5.41, 5.74) is 0.735. The molecule has 2 aliphatic rings. The molecule has 0 aromatic rings. The van der Waals surface area contributed by atoms with Crippen molar-refractivity contribution in [2.24, 2.45) is 17.8 Å². The van der Waals surface area contributed by atoms with Gasteiger partial charge in [0.2, 0.25) is 0 Å². The van der Waals surface area contributed by atoms with Gasteiger partial charge in [0.15, 0.2) is 0 Å². The summed E-state index contributed by atoms with van der Waals surface area (Å²) in [6.45, 7) is 11.9. The van der Waals surface area contributed by atoms with Gasteiger partial charge in [-0.05, 0) is 38.7 Å². The van der Waals surface area contributed by atoms with Crippen molar-refractivity contribution in [2.75, 3.05) is 7.11 Å². The minimum absolute atomic E-state index is 0.0549. The zero-order valence-corrected chi connectivity index (χ0v) is 20.5. The van der Waals surface area contributed by atoms with Crippen molar-refractivity contribution in [1.82, 2.24) is 0 Å². The summed E-state index contributed by atoms with van der Waals surface area (Å²) in [5.74, 6) is -0.632. The summed E-state index contributed by atoms with van der Waals surface area (Å²) in [4.78, 5) is 11.0. The SMILES string of the molecule is COC(C(C)O)C(C)C1OC1(C)CC(C)C=CC=C(C)C1OC(CC(=O)O)CC(O)C1C. The van der Waals surface area contributed by atoms with Gasteiger partial charge >= 0.3 is 5.97 Å². The zero-order valence-electron chi connectivity index (χ0n) is 20.5. The predicted molar refractivity (Wildman–Crippen MR) is 122 cm³/mol. The largest absolute Gasteiger partial charge is 0.481 e. The highest BCUT2D eigenvalue weighted by Crippen LogP contribution is 2.47. The molecule has 0 aromatic heterocycles. The number of allylic oxidation sites excluding steroid dienone is 3. The van der Waals surface area contributed by atoms with Crippen molar-refractivity contribution in [3.8, 4) is 0 Å². The van der Waals surface area contributed by atoms with Crippen LogP contribution in [0, 0.1) is 17.8 Å². The first kappa shape index (κ1) is 27.0. The van der Waals surface area contributed by atoms with E-state index >= 15 is 0 Å². The van der Waals surface area contributed by atoms with E-state index < -0.39 is 24.3 Å². The van der Waals surface area contributed by atoms with E-state index in [0.717, 1.165) is 12.0 Å². The van der Waals surface area contributed by atoms with E-state index in [-0.39, 0.29) is 48.1 Å². The Morgan fingerprint density at radius 1 is 1.31 bits per heavy atom. The smallest absolute Gasteiger partial charge is 0.305 e. The van der Waals surface area contributed by atoms with E-state index in [1.165, 1.54) is 0 Å². The second-order valence-corrected chi connectivity index (χ2v) is 10.1. The summed E-state index contributed by atoms with van der Waals surface area (Å²) in [5, 5.41) is 29.3. The van der Waals surface area contributed by atoms with E-state index in [0.29, 0.717) is 6.42 Å². The molecule has 7 heteroatoms. The number of aliphatic hydroxyl groups is 2. The van der Waals surface area contributed by atoms with Gasteiger partial charge in [-0.15, -0.1) is 0 Å². The highest BCUT2D eigenvalue weighted by atomic mass is 16.6. The number of carboxylic acid groups (broad SMARTS) is 1. The number of hydrogen-bond donors (Lipinski definition) is 3. The Kier molecular flexibility index (Phi) is 9.49. The molecular formula is C25H42O7. The van der Waals surface area contributed by atoms with Crippen LogP contribution >= 0.6 is 0 Å². The zero-order chi connectivity index (χ0) is 24.2. The van der Waals surface area contributed by atoms with E-state index in [2.05, 4.69) is 26.8 Å². The first-order valence-corrected chi connectivity index (χ1v) is 11.7. The first-order valence-electron chi connectivity index (χ1n) is 11.7. The molecule has 32 heavy (non-hydrogen) atoms. The Labute approximate surface area is 192 Å². The van der Waals surface area contributed by atoms with Gasteiger partial charge in [-0.1, -0.05) is 39.0 Å². The summed E-state index contributed by atoms with van der Waals surface area (Å²) < 4.78 is 17.5. The summed E-state index contributed by atoms with van der Waals surface area (Å²) in [6.07, 6.45) is 5.12. The Morgan fingerprint density at radius 2 is 1.97 bits per heavy atom. The lowest BCUT2D eigenvalue weighted by molar-refractivity contribution is -0.150. The fraction of sp³-hybridized carbons (Fsp3) is 0.800. The van der Waals surface area contributed by atoms with Crippen LogP contribution in [0.25, 0.3) is 0 Å². The number of methoxy groups -OCH3 is 1. The quantitative estimate of drug-likeness (QED) is 0.324. The number of aliphatic carboxylic acids is 1. The van der Waals surface area contributed by atoms with Crippen LogP contribution in [-0.4, -0.2) is 70.6 Å². The average molecular weight is 455 g/mol. The molecule has 184 valence electrons. The Bertz CT molecular complexity index is 688. The van der Waals surface area contributed by atoms with Crippen molar-refractivity contribution in [1.29, 1.82) is 0 Å². The maximum absolute atomic E-state index is 11.0. The maximum Gasteiger partial charge on any atom is 0.305 e. The van der Waals surface area contributed by atoms with Crippen LogP contribution in [0.15, 0.2) is 23.8 Å². The van der Waals surface area contributed by atoms with Gasteiger partial charge in [0.05, 0.1) is 48.6 Å². The lowest BCUT2D eigenvalue weighted by atomic mass is 9.85. The molecule has 7 nitrogen and oxygen atoms in total. The predicted octanol–water partition coefficient (Wildman–Crippen LogP) is 3.33. The Morgan fingerprint density at radius 3 is 2.53 bits per heavy atom. The molecule has 10 unspecified atom stereocenters. The van der Waals surface area contributed by atoms with Gasteiger partial charge in [-0.25, -0.2) is 0 Å². The lowest BCUT2D eigenvalue weighted by Crippen LogP contribution is -2.44. The van der Waals surface area contributed by atoms with E-state index in [1.807, 2.05) is 26.0 Å². The highest BCUT2D eigenvalue weighted by molar-refractivity contribution is 5.67. The summed E-state index contributed by atoms with van der Waals surface area (Å²) >= 11 is 0. The summed E-state index contributed by atoms with van der Waals surface area (Å²) in [7, 11) is 1.62. The Hall–Kier alpha value is -1.25. The standard InChI is InChI=1S/C25H42O7/c1-14(13-25(6)24(32-25)17(4)23(30-7)18(5)26)9-8-10-15(2)22-16(3)20(27)11-19(31-22)12-21(28)29/h8-10,14,16-20,22-24,26-27H,11-13H2,1-7H3,(H,28,29). The van der Waals surface area contributed by atoms with Crippen molar-refractivity contribution in [3.05, 3.63) is 23.8 Å². The minimum atomic E-state index is -0.917. The molecule has 2 rings (SSSR count). The number of epoxide rings is 1. The number of carboxylic acids is 1. The molecule has 0 aromatic carbocycles. The molecule has 2 saturated heterocycles. The molecule has 0 aliphatic carbocycles. The van der Waals surface area contributed by atoms with Crippen LogP contribution in [0.3, 0.4) is 0 Å². The fourth-order valence-electron chi connectivity index (χ4n) is 5.23. The van der Waals surface area contributed by atoms with Crippen molar-refractivity contribution < 1.29 is 34.3 Å². The highest BCUT2D eigenvalue weighted by Gasteiger charge is 2.56. The van der Waals surface area contributed by atoms with Crippen LogP contribution in [0.4, 0.5) is 0 Å². The topological polar surface area (TPSA) is 109 Å². The van der Waals surface area contributed by atoms with Crippen molar-refractivity contribution in [3.63, 3.8) is 0 Å². The van der Waals surface area contributed by atoms with Gasteiger partial charge in [0.1, 0.15) is 0 Å². The van der Waals surface area contributed by atoms with Crippen LogP contribution in [-0.2, 0) is 19.0 Å². The number of aliphatic hydroxyl groups excluding tert-OH is 2. The molecule has 2 aliphatic heterocycles. The van der Waals surface area contributed by atoms with E-state index in [4.69, 9.17) is 19.3 Å². The third kappa shape index (κ3) is 6.87. The van der Waals surface area contributed by atoms with Gasteiger partial charge in [0, 0.05) is 25.4 Å². The first-order chi connectivity index (χ1) is 14.9. The summed E-state index contributed by atoms with van der Waals surface area (Å²) in [6, 6.07) is 0.